The number of benzene rings is 1. The molecule has 0 aromatic heterocycles. The molecule has 7 nitrogen and oxygen atoms in total. The first-order valence-electron chi connectivity index (χ1n) is 8.53. The summed E-state index contributed by atoms with van der Waals surface area (Å²) in [6, 6.07) is 4.85. The fraction of sp³-hybridized carbons (Fsp3) is 0.647. The van der Waals surface area contributed by atoms with Crippen molar-refractivity contribution in [1.82, 2.24) is 0 Å². The van der Waals surface area contributed by atoms with Crippen molar-refractivity contribution in [2.45, 2.75) is 52.3 Å². The Bertz CT molecular complexity index is 652. The van der Waals surface area contributed by atoms with Gasteiger partial charge in [0.05, 0.1) is 0 Å². The molecule has 10 heteroatoms. The summed E-state index contributed by atoms with van der Waals surface area (Å²) in [5.74, 6) is 0. The Morgan fingerprint density at radius 1 is 1.19 bits per heavy atom. The predicted octanol–water partition coefficient (Wildman–Crippen LogP) is 0.722. The zero-order chi connectivity index (χ0) is 19.7. The number of hydrogen-bond acceptors (Lipinski definition) is 7. The van der Waals surface area contributed by atoms with Gasteiger partial charge in [0.15, 0.2) is 0 Å². The zero-order valence-corrected chi connectivity index (χ0v) is 17.5. The quantitative estimate of drug-likeness (QED) is 0.387. The van der Waals surface area contributed by atoms with E-state index in [2.05, 4.69) is 0 Å². The Morgan fingerprint density at radius 2 is 1.93 bits per heavy atom. The Morgan fingerprint density at radius 3 is 2.63 bits per heavy atom. The first-order valence-corrected chi connectivity index (χ1v) is 12.7. The van der Waals surface area contributed by atoms with Crippen LogP contribution in [0.15, 0.2) is 18.2 Å². The summed E-state index contributed by atoms with van der Waals surface area (Å²) in [4.78, 5) is -0.412. The first kappa shape index (κ1) is 21.7. The van der Waals surface area contributed by atoms with Crippen LogP contribution in [0.4, 0.5) is 0 Å². The van der Waals surface area contributed by atoms with Crippen LogP contribution in [-0.4, -0.2) is 83.2 Å². The molecule has 2 saturated heterocycles. The summed E-state index contributed by atoms with van der Waals surface area (Å²) in [7, 11) is 0. The van der Waals surface area contributed by atoms with Crippen LogP contribution in [0, 0.1) is 0 Å². The molecule has 8 atom stereocenters. The van der Waals surface area contributed by atoms with Gasteiger partial charge in [-0.2, -0.15) is 0 Å². The Balaban J connectivity index is 1.70. The van der Waals surface area contributed by atoms with Gasteiger partial charge in [-0.3, -0.25) is 0 Å². The van der Waals surface area contributed by atoms with Crippen molar-refractivity contribution >= 4 is 37.1 Å². The molecule has 152 valence electrons. The normalized spacial score (nSPS) is 38.1. The van der Waals surface area contributed by atoms with Crippen LogP contribution in [0.1, 0.15) is 11.9 Å². The van der Waals surface area contributed by atoms with E-state index in [-0.39, 0.29) is 18.5 Å². The van der Waals surface area contributed by atoms with Gasteiger partial charge in [0.1, 0.15) is 0 Å². The molecule has 0 aliphatic carbocycles. The third kappa shape index (κ3) is 4.79. The molecule has 0 amide bonds. The Kier molecular flexibility index (Phi) is 7.44. The number of halogens is 2. The number of rotatable bonds is 5. The van der Waals surface area contributed by atoms with Crippen LogP contribution in [0.3, 0.4) is 0 Å². The van der Waals surface area contributed by atoms with Crippen molar-refractivity contribution < 1.29 is 35.0 Å². The van der Waals surface area contributed by atoms with Crippen molar-refractivity contribution in [3.05, 3.63) is 33.8 Å². The second kappa shape index (κ2) is 9.24. The van der Waals surface area contributed by atoms with Gasteiger partial charge in [-0.15, -0.1) is 0 Å². The van der Waals surface area contributed by atoms with E-state index in [1.807, 2.05) is 0 Å². The third-order valence-corrected chi connectivity index (χ3v) is 11.3. The van der Waals surface area contributed by atoms with Crippen LogP contribution in [0.25, 0.3) is 0 Å². The Labute approximate surface area is 171 Å². The SMILES string of the molecule is OC[C@@H]1[C@@H](O)[C@H](O)C[Se@+]1C[C@@H](O)[C@H]1OC(c2cc(Cl)ccc2Cl)OC[C@H]1O. The van der Waals surface area contributed by atoms with Gasteiger partial charge in [-0.25, -0.2) is 0 Å². The van der Waals surface area contributed by atoms with Crippen LogP contribution in [0.5, 0.6) is 0 Å². The van der Waals surface area contributed by atoms with E-state index < -0.39 is 55.5 Å². The maximum absolute atomic E-state index is 10.7. The summed E-state index contributed by atoms with van der Waals surface area (Å²) in [6.07, 6.45) is -5.74. The van der Waals surface area contributed by atoms with Gasteiger partial charge < -0.3 is 0 Å². The summed E-state index contributed by atoms with van der Waals surface area (Å²) < 4.78 is 11.3. The van der Waals surface area contributed by atoms with Gasteiger partial charge in [0, 0.05) is 0 Å². The molecular weight excluding hydrogens is 466 g/mol. The predicted molar refractivity (Wildman–Crippen MR) is 100 cm³/mol. The van der Waals surface area contributed by atoms with E-state index in [9.17, 15) is 25.5 Å². The monoisotopic (exact) mass is 489 g/mol. The summed E-state index contributed by atoms with van der Waals surface area (Å²) in [5.41, 5.74) is 0.504. The van der Waals surface area contributed by atoms with Crippen LogP contribution < -0.4 is 0 Å². The van der Waals surface area contributed by atoms with Crippen molar-refractivity contribution in [2.24, 2.45) is 0 Å². The van der Waals surface area contributed by atoms with E-state index in [0.717, 1.165) is 0 Å². The molecule has 5 N–H and O–H groups in total. The molecule has 0 saturated carbocycles. The molecule has 1 unspecified atom stereocenters. The standard InChI is InChI=1S/C17H23Cl2O7Se/c18-8-1-2-10(19)9(3-8)17-25-5-11(21)16(26-17)13(23)7-27-6-12(22)15(24)14(27)4-20/h1-3,11-17,20-24H,4-7H2/q+1/t11-,12-,13-,14-,15+,16+,17?,27-/m1/s1. The first-order chi connectivity index (χ1) is 12.8. The number of aliphatic hydroxyl groups is 5. The van der Waals surface area contributed by atoms with Crippen molar-refractivity contribution in [1.29, 1.82) is 0 Å². The summed E-state index contributed by atoms with van der Waals surface area (Å²) in [5, 5.41) is 51.7. The molecule has 0 bridgehead atoms. The molecule has 2 heterocycles. The molecule has 2 aliphatic heterocycles. The van der Waals surface area contributed by atoms with Gasteiger partial charge in [-0.1, -0.05) is 0 Å². The van der Waals surface area contributed by atoms with Gasteiger partial charge in [-0.05, 0) is 0 Å². The maximum atomic E-state index is 10.7. The molecule has 2 aliphatic rings. The van der Waals surface area contributed by atoms with Crippen LogP contribution in [-0.2, 0) is 9.47 Å². The van der Waals surface area contributed by atoms with E-state index in [1.165, 1.54) is 0 Å². The molecule has 1 aromatic carbocycles. The van der Waals surface area contributed by atoms with Gasteiger partial charge in [0.25, 0.3) is 0 Å². The molecule has 2 fully saturated rings. The second-order valence-corrected chi connectivity index (χ2v) is 12.5. The van der Waals surface area contributed by atoms with E-state index in [4.69, 9.17) is 32.7 Å². The molecule has 0 spiro atoms. The van der Waals surface area contributed by atoms with Gasteiger partial charge >= 0.3 is 171 Å². The van der Waals surface area contributed by atoms with Crippen LogP contribution in [0.2, 0.25) is 25.5 Å². The van der Waals surface area contributed by atoms with E-state index in [1.54, 1.807) is 18.2 Å². The summed E-state index contributed by atoms with van der Waals surface area (Å²) >= 11 is 10.5. The van der Waals surface area contributed by atoms with Gasteiger partial charge in [0.2, 0.25) is 0 Å². The topological polar surface area (TPSA) is 120 Å². The summed E-state index contributed by atoms with van der Waals surface area (Å²) in [6.45, 7) is -0.290. The average Bonchev–Trinajstić information content (AvgIpc) is 2.90. The molecule has 0 radical (unpaired) electrons. The number of aliphatic hydroxyl groups excluding tert-OH is 5. The van der Waals surface area contributed by atoms with Crippen LogP contribution >= 0.6 is 23.2 Å². The molecule has 1 aromatic rings. The van der Waals surface area contributed by atoms with E-state index in [0.29, 0.717) is 20.9 Å². The number of hydrogen-bond donors (Lipinski definition) is 5. The number of ether oxygens (including phenoxy) is 2. The van der Waals surface area contributed by atoms with E-state index >= 15 is 0 Å². The average molecular weight is 489 g/mol. The molecule has 27 heavy (non-hydrogen) atoms. The van der Waals surface area contributed by atoms with Crippen molar-refractivity contribution in [3.8, 4) is 0 Å². The molecular formula is C17H23Cl2O7Se+. The minimum atomic E-state index is -1.70. The third-order valence-electron chi connectivity index (χ3n) is 4.82. The fourth-order valence-electron chi connectivity index (χ4n) is 3.36. The zero-order valence-electron chi connectivity index (χ0n) is 14.3. The van der Waals surface area contributed by atoms with Crippen molar-refractivity contribution in [2.75, 3.05) is 13.2 Å². The van der Waals surface area contributed by atoms with Crippen molar-refractivity contribution in [3.63, 3.8) is 0 Å². The minimum absolute atomic E-state index is 0.0470. The second-order valence-electron chi connectivity index (χ2n) is 6.72. The fourth-order valence-corrected chi connectivity index (χ4v) is 9.38. The Hall–Kier alpha value is 0.0395. The molecule has 3 rings (SSSR count).